The van der Waals surface area contributed by atoms with Gasteiger partial charge in [-0.3, -0.25) is 9.59 Å². The van der Waals surface area contributed by atoms with Crippen molar-refractivity contribution in [2.45, 2.75) is 39.2 Å². The smallest absolute Gasteiger partial charge is 0.303 e. The summed E-state index contributed by atoms with van der Waals surface area (Å²) >= 11 is 0. The third kappa shape index (κ3) is 6.33. The van der Waals surface area contributed by atoms with E-state index in [9.17, 15) is 9.59 Å². The van der Waals surface area contributed by atoms with Crippen LogP contribution in [-0.4, -0.2) is 29.2 Å². The second-order valence-corrected chi connectivity index (χ2v) is 5.50. The molecule has 0 unspecified atom stereocenters. The Labute approximate surface area is 118 Å². The molecule has 1 aromatic carbocycles. The van der Waals surface area contributed by atoms with Crippen LogP contribution in [0.25, 0.3) is 0 Å². The van der Waals surface area contributed by atoms with Crippen LogP contribution in [0.1, 0.15) is 32.8 Å². The number of nitrogens with one attached hydrogen (secondary N) is 1. The van der Waals surface area contributed by atoms with Crippen LogP contribution >= 0.6 is 0 Å². The number of ether oxygens (including phenoxy) is 1. The summed E-state index contributed by atoms with van der Waals surface area (Å²) in [7, 11) is 0. The average molecular weight is 279 g/mol. The number of hydrogen-bond donors (Lipinski definition) is 2. The molecule has 5 nitrogen and oxygen atoms in total. The van der Waals surface area contributed by atoms with E-state index in [2.05, 4.69) is 5.32 Å². The van der Waals surface area contributed by atoms with Crippen molar-refractivity contribution < 1.29 is 19.4 Å². The summed E-state index contributed by atoms with van der Waals surface area (Å²) in [4.78, 5) is 22.4. The van der Waals surface area contributed by atoms with Crippen molar-refractivity contribution in [3.05, 3.63) is 29.8 Å². The molecular formula is C15H21NO4. The minimum atomic E-state index is -0.859. The van der Waals surface area contributed by atoms with E-state index >= 15 is 0 Å². The van der Waals surface area contributed by atoms with Gasteiger partial charge in [0.25, 0.3) is 0 Å². The van der Waals surface area contributed by atoms with Crippen molar-refractivity contribution in [2.75, 3.05) is 11.9 Å². The average Bonchev–Trinajstić information content (AvgIpc) is 2.34. The van der Waals surface area contributed by atoms with Gasteiger partial charge in [0.1, 0.15) is 6.61 Å². The Kier molecular flexibility index (Phi) is 5.70. The van der Waals surface area contributed by atoms with Gasteiger partial charge in [0.15, 0.2) is 0 Å². The summed E-state index contributed by atoms with van der Waals surface area (Å²) in [5, 5.41) is 11.5. The first kappa shape index (κ1) is 16.2. The van der Waals surface area contributed by atoms with E-state index in [0.717, 1.165) is 5.56 Å². The molecular weight excluding hydrogens is 258 g/mol. The van der Waals surface area contributed by atoms with E-state index < -0.39 is 5.97 Å². The quantitative estimate of drug-likeness (QED) is 0.838. The molecule has 0 aliphatic carbocycles. The van der Waals surface area contributed by atoms with E-state index in [1.54, 1.807) is 12.1 Å². The van der Waals surface area contributed by atoms with Gasteiger partial charge < -0.3 is 15.2 Å². The van der Waals surface area contributed by atoms with Gasteiger partial charge in [-0.2, -0.15) is 0 Å². The first-order valence-electron chi connectivity index (χ1n) is 6.51. The number of aryl methyl sites for hydroxylation is 1. The number of anilines is 1. The summed E-state index contributed by atoms with van der Waals surface area (Å²) in [6.45, 7) is 5.60. The first-order chi connectivity index (χ1) is 9.28. The molecule has 2 N–H and O–H groups in total. The summed E-state index contributed by atoms with van der Waals surface area (Å²) in [6, 6.07) is 7.18. The monoisotopic (exact) mass is 279 g/mol. The van der Waals surface area contributed by atoms with Gasteiger partial charge in [0.2, 0.25) is 5.91 Å². The van der Waals surface area contributed by atoms with E-state index in [1.165, 1.54) is 0 Å². The molecule has 0 bridgehead atoms. The predicted molar refractivity (Wildman–Crippen MR) is 76.7 cm³/mol. The lowest BCUT2D eigenvalue weighted by Crippen LogP contribution is -2.27. The molecule has 0 atom stereocenters. The summed E-state index contributed by atoms with van der Waals surface area (Å²) in [6.07, 6.45) is 0.414. The number of carboxylic acids is 1. The van der Waals surface area contributed by atoms with Gasteiger partial charge in [0.05, 0.1) is 5.60 Å². The Balaban J connectivity index is 2.62. The normalized spacial score (nSPS) is 11.2. The van der Waals surface area contributed by atoms with Gasteiger partial charge in [-0.1, -0.05) is 18.2 Å². The molecule has 5 heteroatoms. The molecule has 0 heterocycles. The van der Waals surface area contributed by atoms with Crippen molar-refractivity contribution in [1.82, 2.24) is 0 Å². The minimum absolute atomic E-state index is 0.0310. The maximum absolute atomic E-state index is 11.8. The van der Waals surface area contributed by atoms with Crippen molar-refractivity contribution in [3.63, 3.8) is 0 Å². The molecule has 110 valence electrons. The second kappa shape index (κ2) is 7.05. The predicted octanol–water partition coefficient (Wildman–Crippen LogP) is 2.46. The number of para-hydroxylation sites is 1. The molecule has 20 heavy (non-hydrogen) atoms. The van der Waals surface area contributed by atoms with Crippen LogP contribution in [0.2, 0.25) is 0 Å². The largest absolute Gasteiger partial charge is 0.481 e. The lowest BCUT2D eigenvalue weighted by atomic mass is 10.1. The molecule has 0 aliphatic rings. The van der Waals surface area contributed by atoms with Gasteiger partial charge in [-0.25, -0.2) is 0 Å². The van der Waals surface area contributed by atoms with Crippen molar-refractivity contribution in [2.24, 2.45) is 0 Å². The molecule has 1 rings (SSSR count). The molecule has 1 aromatic rings. The Morgan fingerprint density at radius 1 is 1.25 bits per heavy atom. The number of rotatable bonds is 6. The van der Waals surface area contributed by atoms with Crippen LogP contribution < -0.4 is 5.32 Å². The number of carboxylic acid groups (broad SMARTS) is 1. The van der Waals surface area contributed by atoms with Crippen LogP contribution in [-0.2, 0) is 20.7 Å². The molecule has 0 saturated carbocycles. The number of carbonyl (C=O) groups excluding carboxylic acids is 1. The lowest BCUT2D eigenvalue weighted by Gasteiger charge is -2.19. The van der Waals surface area contributed by atoms with E-state index in [0.29, 0.717) is 12.1 Å². The topological polar surface area (TPSA) is 75.6 Å². The summed E-state index contributed by atoms with van der Waals surface area (Å²) in [5.41, 5.74) is 1.07. The molecule has 0 aromatic heterocycles. The lowest BCUT2D eigenvalue weighted by molar-refractivity contribution is -0.137. The standard InChI is InChI=1S/C15H21NO4/c1-15(2,3)20-10-13(17)16-12-7-5-4-6-11(12)8-9-14(18)19/h4-7H,8-10H2,1-3H3,(H,16,17)(H,18,19). The Morgan fingerprint density at radius 2 is 1.90 bits per heavy atom. The molecule has 0 radical (unpaired) electrons. The highest BCUT2D eigenvalue weighted by molar-refractivity contribution is 5.92. The molecule has 0 fully saturated rings. The van der Waals surface area contributed by atoms with E-state index in [-0.39, 0.29) is 24.5 Å². The van der Waals surface area contributed by atoms with Crippen LogP contribution in [0.4, 0.5) is 5.69 Å². The maximum Gasteiger partial charge on any atom is 0.303 e. The third-order valence-electron chi connectivity index (χ3n) is 2.54. The SMILES string of the molecule is CC(C)(C)OCC(=O)Nc1ccccc1CCC(=O)O. The van der Waals surface area contributed by atoms with Crippen molar-refractivity contribution in [3.8, 4) is 0 Å². The fourth-order valence-corrected chi connectivity index (χ4v) is 1.57. The van der Waals surface area contributed by atoms with Crippen LogP contribution in [0.5, 0.6) is 0 Å². The van der Waals surface area contributed by atoms with Crippen LogP contribution in [0.15, 0.2) is 24.3 Å². The van der Waals surface area contributed by atoms with Gasteiger partial charge >= 0.3 is 5.97 Å². The van der Waals surface area contributed by atoms with Gasteiger partial charge in [0, 0.05) is 12.1 Å². The Morgan fingerprint density at radius 3 is 2.50 bits per heavy atom. The van der Waals surface area contributed by atoms with Gasteiger partial charge in [-0.05, 0) is 38.8 Å². The van der Waals surface area contributed by atoms with Gasteiger partial charge in [-0.15, -0.1) is 0 Å². The number of aliphatic carboxylic acids is 1. The molecule has 0 aliphatic heterocycles. The third-order valence-corrected chi connectivity index (χ3v) is 2.54. The Bertz CT molecular complexity index is 477. The maximum atomic E-state index is 11.8. The highest BCUT2D eigenvalue weighted by atomic mass is 16.5. The fourth-order valence-electron chi connectivity index (χ4n) is 1.57. The van der Waals surface area contributed by atoms with E-state index in [4.69, 9.17) is 9.84 Å². The van der Waals surface area contributed by atoms with Crippen molar-refractivity contribution >= 4 is 17.6 Å². The molecule has 1 amide bonds. The highest BCUT2D eigenvalue weighted by Gasteiger charge is 2.14. The minimum Gasteiger partial charge on any atom is -0.481 e. The number of amides is 1. The zero-order chi connectivity index (χ0) is 15.2. The highest BCUT2D eigenvalue weighted by Crippen LogP contribution is 2.17. The first-order valence-corrected chi connectivity index (χ1v) is 6.51. The summed E-state index contributed by atoms with van der Waals surface area (Å²) < 4.78 is 5.40. The fraction of sp³-hybridized carbons (Fsp3) is 0.467. The van der Waals surface area contributed by atoms with E-state index in [1.807, 2.05) is 32.9 Å². The molecule has 0 saturated heterocycles. The van der Waals surface area contributed by atoms with Crippen molar-refractivity contribution in [1.29, 1.82) is 0 Å². The Hall–Kier alpha value is -1.88. The van der Waals surface area contributed by atoms with Crippen LogP contribution in [0, 0.1) is 0 Å². The number of carbonyl (C=O) groups is 2. The zero-order valence-corrected chi connectivity index (χ0v) is 12.1. The zero-order valence-electron chi connectivity index (χ0n) is 12.1. The summed E-state index contributed by atoms with van der Waals surface area (Å²) in [5.74, 6) is -1.11. The number of benzene rings is 1. The second-order valence-electron chi connectivity index (χ2n) is 5.50. The van der Waals surface area contributed by atoms with Crippen LogP contribution in [0.3, 0.4) is 0 Å². The molecule has 0 spiro atoms. The number of hydrogen-bond acceptors (Lipinski definition) is 3.